The summed E-state index contributed by atoms with van der Waals surface area (Å²) >= 11 is 0. The summed E-state index contributed by atoms with van der Waals surface area (Å²) in [5.41, 5.74) is 5.09. The van der Waals surface area contributed by atoms with E-state index in [1.807, 2.05) is 5.32 Å². The molecule has 0 saturated heterocycles. The molecule has 0 aliphatic heterocycles. The summed E-state index contributed by atoms with van der Waals surface area (Å²) in [7, 11) is 0. The Morgan fingerprint density at radius 3 is 2.58 bits per heavy atom. The van der Waals surface area contributed by atoms with Crippen molar-refractivity contribution >= 4 is 5.91 Å². The van der Waals surface area contributed by atoms with E-state index in [1.54, 1.807) is 0 Å². The number of nitrogens with one attached hydrogen (secondary N) is 1. The third kappa shape index (κ3) is 4.20. The summed E-state index contributed by atoms with van der Waals surface area (Å²) in [5, 5.41) is 10.0. The first kappa shape index (κ1) is 11.2. The smallest absolute Gasteiger partial charge is 0.287 e. The fraction of sp³-hybridized carbons (Fsp3) is 0.833. The van der Waals surface area contributed by atoms with Crippen LogP contribution in [0.5, 0.6) is 0 Å². The highest BCUT2D eigenvalue weighted by Gasteiger charge is 2.28. The molecule has 0 fully saturated rings. The van der Waals surface area contributed by atoms with Crippen LogP contribution in [0, 0.1) is 0 Å². The summed E-state index contributed by atoms with van der Waals surface area (Å²) < 4.78 is 24.5. The van der Waals surface area contributed by atoms with Crippen LogP contribution in [0.4, 0.5) is 8.78 Å². The Labute approximate surface area is 68.7 Å². The average Bonchev–Trinajstić information content (AvgIpc) is 2.00. The minimum Gasteiger partial charge on any atom is -0.390 e. The van der Waals surface area contributed by atoms with Crippen molar-refractivity contribution in [3.63, 3.8) is 0 Å². The van der Waals surface area contributed by atoms with E-state index in [0.717, 1.165) is 0 Å². The average molecular weight is 182 g/mol. The summed E-state index contributed by atoms with van der Waals surface area (Å²) in [6, 6.07) is -0.820. The van der Waals surface area contributed by atoms with Crippen molar-refractivity contribution < 1.29 is 18.7 Å². The van der Waals surface area contributed by atoms with Gasteiger partial charge in [0.05, 0.1) is 12.6 Å². The van der Waals surface area contributed by atoms with Gasteiger partial charge in [0.25, 0.3) is 5.92 Å². The number of amides is 1. The maximum atomic E-state index is 12.3. The molecule has 0 aromatic rings. The van der Waals surface area contributed by atoms with E-state index in [4.69, 9.17) is 10.8 Å². The normalized spacial score (nSPS) is 14.1. The van der Waals surface area contributed by atoms with E-state index in [-0.39, 0.29) is 0 Å². The van der Waals surface area contributed by atoms with Crippen molar-refractivity contribution in [2.75, 3.05) is 13.2 Å². The van der Waals surface area contributed by atoms with Crippen LogP contribution >= 0.6 is 0 Å². The van der Waals surface area contributed by atoms with Gasteiger partial charge in [0.1, 0.15) is 6.61 Å². The first-order chi connectivity index (χ1) is 5.39. The summed E-state index contributed by atoms with van der Waals surface area (Å²) in [6.07, 6.45) is 0. The lowest BCUT2D eigenvalue weighted by molar-refractivity contribution is -0.124. The van der Waals surface area contributed by atoms with Gasteiger partial charge in [-0.2, -0.15) is 0 Å². The molecule has 1 amide bonds. The van der Waals surface area contributed by atoms with Crippen LogP contribution in [0.25, 0.3) is 0 Å². The van der Waals surface area contributed by atoms with Crippen molar-refractivity contribution in [1.82, 2.24) is 5.32 Å². The molecule has 4 N–H and O–H groups in total. The molecular formula is C6H12F2N2O2. The van der Waals surface area contributed by atoms with Crippen molar-refractivity contribution in [3.05, 3.63) is 0 Å². The molecule has 0 aromatic heterocycles. The molecule has 0 aliphatic rings. The van der Waals surface area contributed by atoms with E-state index in [0.29, 0.717) is 0 Å². The number of hydrogen-bond acceptors (Lipinski definition) is 3. The first-order valence-electron chi connectivity index (χ1n) is 3.41. The van der Waals surface area contributed by atoms with E-state index >= 15 is 0 Å². The molecule has 0 aromatic carbocycles. The molecule has 0 bridgehead atoms. The third-order valence-electron chi connectivity index (χ3n) is 1.17. The summed E-state index contributed by atoms with van der Waals surface area (Å²) in [6.45, 7) is -0.789. The largest absolute Gasteiger partial charge is 0.390 e. The number of hydrogen-bond donors (Lipinski definition) is 3. The van der Waals surface area contributed by atoms with Crippen LogP contribution in [0.15, 0.2) is 0 Å². The molecule has 72 valence electrons. The molecule has 1 atom stereocenters. The van der Waals surface area contributed by atoms with Crippen LogP contribution in [0.3, 0.4) is 0 Å². The number of rotatable bonds is 4. The number of carbonyl (C=O) groups is 1. The molecule has 12 heavy (non-hydrogen) atoms. The van der Waals surface area contributed by atoms with Crippen LogP contribution in [-0.4, -0.2) is 36.1 Å². The van der Waals surface area contributed by atoms with Gasteiger partial charge in [-0.3, -0.25) is 4.79 Å². The molecule has 0 aliphatic carbocycles. The summed E-state index contributed by atoms with van der Waals surface area (Å²) in [4.78, 5) is 10.7. The number of nitrogens with two attached hydrogens (primary N) is 1. The molecular weight excluding hydrogens is 170 g/mol. The zero-order valence-electron chi connectivity index (χ0n) is 6.68. The maximum Gasteiger partial charge on any atom is 0.287 e. The van der Waals surface area contributed by atoms with Crippen molar-refractivity contribution in [1.29, 1.82) is 0 Å². The molecule has 4 nitrogen and oxygen atoms in total. The second-order valence-electron chi connectivity index (χ2n) is 2.52. The molecule has 0 rings (SSSR count). The predicted molar refractivity (Wildman–Crippen MR) is 38.7 cm³/mol. The highest BCUT2D eigenvalue weighted by atomic mass is 19.3. The maximum absolute atomic E-state index is 12.3. The number of carbonyl (C=O) groups excluding carboxylic acids is 1. The van der Waals surface area contributed by atoms with Crippen LogP contribution in [0.1, 0.15) is 6.92 Å². The Morgan fingerprint density at radius 2 is 2.25 bits per heavy atom. The lowest BCUT2D eigenvalue weighted by Crippen LogP contribution is -2.45. The standard InChI is InChI=1S/C6H12F2N2O2/c1-4(9)5(12)10-2-6(7,8)3-11/h4,11H,2-3,9H2,1H3,(H,10,12). The van der Waals surface area contributed by atoms with Gasteiger partial charge in [-0.1, -0.05) is 0 Å². The number of alkyl halides is 2. The molecule has 0 saturated carbocycles. The fourth-order valence-electron chi connectivity index (χ4n) is 0.433. The lowest BCUT2D eigenvalue weighted by Gasteiger charge is -2.14. The SMILES string of the molecule is CC(N)C(=O)NCC(F)(F)CO. The second-order valence-corrected chi connectivity index (χ2v) is 2.52. The molecule has 1 unspecified atom stereocenters. The Kier molecular flexibility index (Phi) is 4.05. The van der Waals surface area contributed by atoms with Crippen molar-refractivity contribution in [2.45, 2.75) is 18.9 Å². The minimum absolute atomic E-state index is 0.664. The quantitative estimate of drug-likeness (QED) is 0.526. The topological polar surface area (TPSA) is 75.4 Å². The Bertz CT molecular complexity index is 162. The van der Waals surface area contributed by atoms with Crippen molar-refractivity contribution in [3.8, 4) is 0 Å². The zero-order chi connectivity index (χ0) is 9.78. The van der Waals surface area contributed by atoms with Gasteiger partial charge in [0.15, 0.2) is 0 Å². The van der Waals surface area contributed by atoms with Gasteiger partial charge in [-0.05, 0) is 6.92 Å². The Balaban J connectivity index is 3.76. The third-order valence-corrected chi connectivity index (χ3v) is 1.17. The van der Waals surface area contributed by atoms with Gasteiger partial charge in [0.2, 0.25) is 5.91 Å². The van der Waals surface area contributed by atoms with E-state index in [9.17, 15) is 13.6 Å². The number of aliphatic hydroxyl groups excluding tert-OH is 1. The Morgan fingerprint density at radius 1 is 1.75 bits per heavy atom. The monoisotopic (exact) mass is 182 g/mol. The van der Waals surface area contributed by atoms with Gasteiger partial charge in [0, 0.05) is 0 Å². The van der Waals surface area contributed by atoms with E-state index < -0.39 is 31.0 Å². The second kappa shape index (κ2) is 4.32. The Hall–Kier alpha value is -0.750. The van der Waals surface area contributed by atoms with Crippen molar-refractivity contribution in [2.24, 2.45) is 5.73 Å². The molecule has 6 heteroatoms. The van der Waals surface area contributed by atoms with Gasteiger partial charge < -0.3 is 16.2 Å². The van der Waals surface area contributed by atoms with Gasteiger partial charge in [-0.25, -0.2) is 8.78 Å². The number of halogens is 2. The van der Waals surface area contributed by atoms with Gasteiger partial charge in [-0.15, -0.1) is 0 Å². The molecule has 0 spiro atoms. The van der Waals surface area contributed by atoms with E-state index in [1.165, 1.54) is 6.92 Å². The highest BCUT2D eigenvalue weighted by Crippen LogP contribution is 2.09. The lowest BCUT2D eigenvalue weighted by atomic mass is 10.3. The van der Waals surface area contributed by atoms with Crippen LogP contribution in [-0.2, 0) is 4.79 Å². The zero-order valence-corrected chi connectivity index (χ0v) is 6.68. The first-order valence-corrected chi connectivity index (χ1v) is 3.41. The predicted octanol–water partition coefficient (Wildman–Crippen LogP) is -0.923. The summed E-state index contributed by atoms with van der Waals surface area (Å²) in [5.74, 6) is -3.94. The van der Waals surface area contributed by atoms with Gasteiger partial charge >= 0.3 is 0 Å². The van der Waals surface area contributed by atoms with E-state index in [2.05, 4.69) is 0 Å². The minimum atomic E-state index is -3.27. The molecule has 0 radical (unpaired) electrons. The van der Waals surface area contributed by atoms with Crippen LogP contribution < -0.4 is 11.1 Å². The fourth-order valence-corrected chi connectivity index (χ4v) is 0.433. The molecule has 0 heterocycles. The number of aliphatic hydroxyl groups is 1. The highest BCUT2D eigenvalue weighted by molar-refractivity contribution is 5.80. The van der Waals surface area contributed by atoms with Crippen LogP contribution in [0.2, 0.25) is 0 Å².